The van der Waals surface area contributed by atoms with Crippen molar-refractivity contribution in [2.45, 2.75) is 39.2 Å². The Balaban J connectivity index is 2.28. The van der Waals surface area contributed by atoms with E-state index in [9.17, 15) is 0 Å². The third-order valence-corrected chi connectivity index (χ3v) is 3.67. The van der Waals surface area contributed by atoms with Crippen LogP contribution in [0.1, 0.15) is 31.7 Å². The first kappa shape index (κ1) is 13.9. The Morgan fingerprint density at radius 1 is 1.26 bits per heavy atom. The minimum absolute atomic E-state index is 0.783. The van der Waals surface area contributed by atoms with Crippen LogP contribution in [0, 0.1) is 0 Å². The van der Waals surface area contributed by atoms with Crippen LogP contribution in [0.3, 0.4) is 0 Å². The molecule has 2 nitrogen and oxygen atoms in total. The average Bonchev–Trinajstić information content (AvgIpc) is 2.78. The molecule has 0 aliphatic carbocycles. The number of nitrogens with zero attached hydrogens (tertiary/aromatic N) is 1. The molecule has 0 radical (unpaired) electrons. The molecule has 0 saturated carbocycles. The normalized spacial score (nSPS) is 11.1. The summed E-state index contributed by atoms with van der Waals surface area (Å²) in [5.41, 5.74) is 9.61. The molecule has 19 heavy (non-hydrogen) atoms. The zero-order chi connectivity index (χ0) is 13.7. The molecule has 2 heteroatoms. The molecule has 2 rings (SSSR count). The fourth-order valence-corrected chi connectivity index (χ4v) is 2.47. The van der Waals surface area contributed by atoms with Crippen molar-refractivity contribution in [1.29, 1.82) is 0 Å². The van der Waals surface area contributed by atoms with E-state index in [0.29, 0.717) is 0 Å². The summed E-state index contributed by atoms with van der Waals surface area (Å²) in [4.78, 5) is 0. The van der Waals surface area contributed by atoms with Gasteiger partial charge < -0.3 is 10.3 Å². The fourth-order valence-electron chi connectivity index (χ4n) is 2.47. The van der Waals surface area contributed by atoms with E-state index >= 15 is 0 Å². The van der Waals surface area contributed by atoms with E-state index in [1.54, 1.807) is 0 Å². The number of rotatable bonds is 7. The van der Waals surface area contributed by atoms with Crippen molar-refractivity contribution in [2.75, 3.05) is 6.54 Å². The van der Waals surface area contributed by atoms with Gasteiger partial charge >= 0.3 is 0 Å². The maximum atomic E-state index is 5.58. The van der Waals surface area contributed by atoms with Crippen molar-refractivity contribution in [2.24, 2.45) is 5.73 Å². The Morgan fingerprint density at radius 2 is 2.05 bits per heavy atom. The zero-order valence-electron chi connectivity index (χ0n) is 11.9. The van der Waals surface area contributed by atoms with Crippen molar-refractivity contribution < 1.29 is 0 Å². The van der Waals surface area contributed by atoms with Crippen LogP contribution >= 0.6 is 0 Å². The van der Waals surface area contributed by atoms with Crippen LogP contribution in [-0.4, -0.2) is 11.1 Å². The summed E-state index contributed by atoms with van der Waals surface area (Å²) in [6.45, 7) is 7.99. The number of aromatic nitrogens is 1. The molecular weight excluding hydrogens is 232 g/mol. The molecule has 2 N–H and O–H groups in total. The molecule has 0 bridgehead atoms. The van der Waals surface area contributed by atoms with Crippen LogP contribution in [0.15, 0.2) is 42.6 Å². The highest BCUT2D eigenvalue weighted by Gasteiger charge is 2.08. The van der Waals surface area contributed by atoms with Crippen LogP contribution in [0.25, 0.3) is 10.9 Å². The van der Waals surface area contributed by atoms with Crippen molar-refractivity contribution in [3.63, 3.8) is 0 Å². The van der Waals surface area contributed by atoms with Crippen LogP contribution in [-0.2, 0) is 13.0 Å². The number of hydrogen-bond acceptors (Lipinski definition) is 1. The Labute approximate surface area is 115 Å². The molecule has 0 aliphatic heterocycles. The van der Waals surface area contributed by atoms with Gasteiger partial charge in [0, 0.05) is 23.6 Å². The Hall–Kier alpha value is -1.54. The molecule has 0 aliphatic rings. The van der Waals surface area contributed by atoms with Crippen molar-refractivity contribution in [1.82, 2.24) is 4.57 Å². The van der Waals surface area contributed by atoms with Gasteiger partial charge in [-0.15, -0.1) is 0 Å². The molecule has 1 aromatic carbocycles. The minimum atomic E-state index is 0.783. The van der Waals surface area contributed by atoms with Crippen LogP contribution < -0.4 is 5.73 Å². The molecule has 0 unspecified atom stereocenters. The molecule has 2 aromatic rings. The highest BCUT2D eigenvalue weighted by Crippen LogP contribution is 2.23. The summed E-state index contributed by atoms with van der Waals surface area (Å²) >= 11 is 0. The van der Waals surface area contributed by atoms with Gasteiger partial charge in [0.15, 0.2) is 0 Å². The monoisotopic (exact) mass is 256 g/mol. The summed E-state index contributed by atoms with van der Waals surface area (Å²) in [6.07, 6.45) is 6.71. The highest BCUT2D eigenvalue weighted by atomic mass is 15.0. The van der Waals surface area contributed by atoms with Gasteiger partial charge in [0.1, 0.15) is 0 Å². The second-order valence-electron chi connectivity index (χ2n) is 5.15. The molecule has 102 valence electrons. The van der Waals surface area contributed by atoms with Crippen LogP contribution in [0.4, 0.5) is 0 Å². The first-order valence-electron chi connectivity index (χ1n) is 7.19. The lowest BCUT2D eigenvalue weighted by atomic mass is 10.1. The molecule has 1 heterocycles. The summed E-state index contributed by atoms with van der Waals surface area (Å²) in [5, 5.41) is 1.38. The van der Waals surface area contributed by atoms with E-state index < -0.39 is 0 Å². The van der Waals surface area contributed by atoms with E-state index in [1.807, 2.05) is 0 Å². The third-order valence-electron chi connectivity index (χ3n) is 3.67. The van der Waals surface area contributed by atoms with E-state index in [-0.39, 0.29) is 0 Å². The first-order chi connectivity index (χ1) is 9.26. The number of para-hydroxylation sites is 1. The van der Waals surface area contributed by atoms with E-state index in [0.717, 1.165) is 32.4 Å². The number of benzene rings is 1. The van der Waals surface area contributed by atoms with Crippen LogP contribution in [0.2, 0.25) is 0 Å². The van der Waals surface area contributed by atoms with E-state index in [1.165, 1.54) is 28.5 Å². The lowest BCUT2D eigenvalue weighted by Crippen LogP contribution is -1.99. The second-order valence-corrected chi connectivity index (χ2v) is 5.15. The van der Waals surface area contributed by atoms with Gasteiger partial charge in [-0.1, -0.05) is 37.3 Å². The topological polar surface area (TPSA) is 30.9 Å². The first-order valence-corrected chi connectivity index (χ1v) is 7.19. The Morgan fingerprint density at radius 3 is 2.79 bits per heavy atom. The summed E-state index contributed by atoms with van der Waals surface area (Å²) in [5.74, 6) is 0. The van der Waals surface area contributed by atoms with Crippen molar-refractivity contribution in [3.05, 3.63) is 48.2 Å². The van der Waals surface area contributed by atoms with Crippen molar-refractivity contribution >= 4 is 10.9 Å². The molecule has 0 atom stereocenters. The number of aryl methyl sites for hydroxylation is 1. The summed E-state index contributed by atoms with van der Waals surface area (Å²) in [6, 6.07) is 8.65. The predicted molar refractivity (Wildman–Crippen MR) is 83.4 cm³/mol. The Bertz CT molecular complexity index is 551. The fraction of sp³-hybridized carbons (Fsp3) is 0.412. The van der Waals surface area contributed by atoms with Crippen LogP contribution in [0.5, 0.6) is 0 Å². The van der Waals surface area contributed by atoms with Gasteiger partial charge in [-0.05, 0) is 43.9 Å². The molecule has 0 saturated heterocycles. The lowest BCUT2D eigenvalue weighted by Gasteiger charge is -2.06. The smallest absolute Gasteiger partial charge is 0.0486 e. The average molecular weight is 256 g/mol. The van der Waals surface area contributed by atoms with Gasteiger partial charge in [0.2, 0.25) is 0 Å². The summed E-state index contributed by atoms with van der Waals surface area (Å²) < 4.78 is 2.33. The number of hydrogen-bond donors (Lipinski definition) is 1. The Kier molecular flexibility index (Phi) is 4.80. The van der Waals surface area contributed by atoms with Crippen molar-refractivity contribution in [3.8, 4) is 0 Å². The minimum Gasteiger partial charge on any atom is -0.343 e. The predicted octanol–water partition coefficient (Wildman–Crippen LogP) is 3.89. The van der Waals surface area contributed by atoms with Gasteiger partial charge in [-0.2, -0.15) is 0 Å². The van der Waals surface area contributed by atoms with Gasteiger partial charge in [0.05, 0.1) is 0 Å². The van der Waals surface area contributed by atoms with E-state index in [4.69, 9.17) is 5.73 Å². The largest absolute Gasteiger partial charge is 0.343 e. The highest BCUT2D eigenvalue weighted by molar-refractivity contribution is 5.84. The maximum Gasteiger partial charge on any atom is 0.0486 e. The van der Waals surface area contributed by atoms with Gasteiger partial charge in [0.25, 0.3) is 0 Å². The van der Waals surface area contributed by atoms with Gasteiger partial charge in [-0.25, -0.2) is 0 Å². The molecule has 0 amide bonds. The number of unbranched alkanes of at least 4 members (excludes halogenated alkanes) is 1. The number of allylic oxidation sites excluding steroid dienone is 1. The molecule has 0 spiro atoms. The maximum absolute atomic E-state index is 5.58. The molecule has 1 aromatic heterocycles. The summed E-state index contributed by atoms with van der Waals surface area (Å²) in [7, 11) is 0. The number of nitrogens with two attached hydrogens (primary N) is 1. The molecule has 0 fully saturated rings. The quantitative estimate of drug-likeness (QED) is 0.591. The standard InChI is InChI=1S/C17H24N2/c1-3-14(2)12-19-13-15(8-6-7-11-18)16-9-4-5-10-17(16)19/h4-5,9-10,13H,2-3,6-8,11-12,18H2,1H3. The van der Waals surface area contributed by atoms with E-state index in [2.05, 4.69) is 48.5 Å². The SMILES string of the molecule is C=C(CC)Cn1cc(CCCCN)c2ccccc21. The number of fused-ring (bicyclic) bond motifs is 1. The lowest BCUT2D eigenvalue weighted by molar-refractivity contribution is 0.738. The van der Waals surface area contributed by atoms with Gasteiger partial charge in [-0.3, -0.25) is 0 Å². The second kappa shape index (κ2) is 6.58. The third kappa shape index (κ3) is 3.27. The molecular formula is C17H24N2. The zero-order valence-corrected chi connectivity index (χ0v) is 11.9.